The van der Waals surface area contributed by atoms with Crippen molar-refractivity contribution in [1.82, 2.24) is 9.62 Å². The number of sulfonamides is 1. The van der Waals surface area contributed by atoms with Crippen molar-refractivity contribution >= 4 is 27.5 Å². The number of benzene rings is 3. The van der Waals surface area contributed by atoms with Crippen LogP contribution in [0.25, 0.3) is 0 Å². The van der Waals surface area contributed by atoms with Crippen LogP contribution in [0.5, 0.6) is 5.75 Å². The SMILES string of the molecule is COc1ccc(S(=O)(=O)N2CCOCC2)cc1C(=O)Nc1ccccc1C(=O)NCCc1ccccc1. The number of nitrogens with one attached hydrogen (secondary N) is 2. The van der Waals surface area contributed by atoms with Gasteiger partial charge >= 0.3 is 0 Å². The lowest BCUT2D eigenvalue weighted by Gasteiger charge is -2.26. The Kier molecular flexibility index (Phi) is 8.54. The Morgan fingerprint density at radius 2 is 1.62 bits per heavy atom. The van der Waals surface area contributed by atoms with Gasteiger partial charge in [0.15, 0.2) is 0 Å². The highest BCUT2D eigenvalue weighted by molar-refractivity contribution is 7.89. The van der Waals surface area contributed by atoms with E-state index in [0.717, 1.165) is 5.56 Å². The summed E-state index contributed by atoms with van der Waals surface area (Å²) in [7, 11) is -2.42. The first-order valence-corrected chi connectivity index (χ1v) is 13.3. The predicted molar refractivity (Wildman–Crippen MR) is 139 cm³/mol. The molecule has 37 heavy (non-hydrogen) atoms. The molecule has 0 saturated carbocycles. The molecule has 0 aromatic heterocycles. The predicted octanol–water partition coefficient (Wildman–Crippen LogP) is 2.94. The van der Waals surface area contributed by atoms with Crippen molar-refractivity contribution in [2.24, 2.45) is 0 Å². The van der Waals surface area contributed by atoms with Crippen molar-refractivity contribution in [3.8, 4) is 5.75 Å². The first-order chi connectivity index (χ1) is 17.9. The van der Waals surface area contributed by atoms with Crippen molar-refractivity contribution < 1.29 is 27.5 Å². The van der Waals surface area contributed by atoms with E-state index in [0.29, 0.717) is 37.4 Å². The molecule has 4 rings (SSSR count). The van der Waals surface area contributed by atoms with Crippen molar-refractivity contribution in [2.75, 3.05) is 45.3 Å². The zero-order valence-corrected chi connectivity index (χ0v) is 21.3. The van der Waals surface area contributed by atoms with Crippen molar-refractivity contribution in [3.63, 3.8) is 0 Å². The van der Waals surface area contributed by atoms with Gasteiger partial charge in [0.25, 0.3) is 11.8 Å². The Morgan fingerprint density at radius 3 is 2.35 bits per heavy atom. The number of anilines is 1. The van der Waals surface area contributed by atoms with Gasteiger partial charge in [0.1, 0.15) is 5.75 Å². The third kappa shape index (κ3) is 6.34. The molecule has 1 aliphatic heterocycles. The highest BCUT2D eigenvalue weighted by atomic mass is 32.2. The highest BCUT2D eigenvalue weighted by Gasteiger charge is 2.28. The van der Waals surface area contributed by atoms with Crippen LogP contribution in [-0.4, -0.2) is 64.5 Å². The van der Waals surface area contributed by atoms with E-state index >= 15 is 0 Å². The number of hydrogen-bond donors (Lipinski definition) is 2. The van der Waals surface area contributed by atoms with Crippen LogP contribution < -0.4 is 15.4 Å². The minimum absolute atomic E-state index is 0.0210. The summed E-state index contributed by atoms with van der Waals surface area (Å²) in [5.74, 6) is -0.717. The molecule has 1 saturated heterocycles. The summed E-state index contributed by atoms with van der Waals surface area (Å²) in [6, 6.07) is 20.6. The van der Waals surface area contributed by atoms with Gasteiger partial charge in [-0.1, -0.05) is 42.5 Å². The van der Waals surface area contributed by atoms with Crippen LogP contribution in [0.4, 0.5) is 5.69 Å². The van der Waals surface area contributed by atoms with Crippen LogP contribution >= 0.6 is 0 Å². The van der Waals surface area contributed by atoms with Crippen LogP contribution in [0, 0.1) is 0 Å². The van der Waals surface area contributed by atoms with Crippen molar-refractivity contribution in [2.45, 2.75) is 11.3 Å². The zero-order chi connectivity index (χ0) is 26.3. The van der Waals surface area contributed by atoms with E-state index in [1.807, 2.05) is 30.3 Å². The van der Waals surface area contributed by atoms with Crippen LogP contribution in [0.1, 0.15) is 26.3 Å². The number of ether oxygens (including phenoxy) is 2. The number of morpholine rings is 1. The molecule has 1 fully saturated rings. The Morgan fingerprint density at radius 1 is 0.919 bits per heavy atom. The second-order valence-electron chi connectivity index (χ2n) is 8.37. The summed E-state index contributed by atoms with van der Waals surface area (Å²) < 4.78 is 38.1. The Hall–Kier alpha value is -3.73. The average Bonchev–Trinajstić information content (AvgIpc) is 2.94. The van der Waals surface area contributed by atoms with Gasteiger partial charge in [-0.15, -0.1) is 0 Å². The normalized spacial score (nSPS) is 14.1. The second-order valence-corrected chi connectivity index (χ2v) is 10.3. The number of carbonyl (C=O) groups is 2. The molecule has 0 spiro atoms. The summed E-state index contributed by atoms with van der Waals surface area (Å²) >= 11 is 0. The van der Waals surface area contributed by atoms with Gasteiger partial charge in [0.2, 0.25) is 10.0 Å². The molecule has 0 unspecified atom stereocenters. The summed E-state index contributed by atoms with van der Waals surface area (Å²) in [5, 5.41) is 5.62. The topological polar surface area (TPSA) is 114 Å². The summed E-state index contributed by atoms with van der Waals surface area (Å²) in [6.45, 7) is 1.53. The molecule has 1 heterocycles. The van der Waals surface area contributed by atoms with Gasteiger partial charge in [-0.3, -0.25) is 9.59 Å². The molecule has 3 aromatic carbocycles. The molecule has 194 valence electrons. The van der Waals surface area contributed by atoms with Gasteiger partial charge in [-0.25, -0.2) is 8.42 Å². The molecule has 0 aliphatic carbocycles. The molecule has 9 nitrogen and oxygen atoms in total. The quantitative estimate of drug-likeness (QED) is 0.446. The van der Waals surface area contributed by atoms with Crippen molar-refractivity contribution in [3.05, 3.63) is 89.5 Å². The molecule has 0 radical (unpaired) electrons. The fourth-order valence-electron chi connectivity index (χ4n) is 4.00. The number of hydrogen-bond acceptors (Lipinski definition) is 6. The molecule has 10 heteroatoms. The lowest BCUT2D eigenvalue weighted by atomic mass is 10.1. The maximum absolute atomic E-state index is 13.3. The van der Waals surface area contributed by atoms with Gasteiger partial charge in [0.05, 0.1) is 42.0 Å². The summed E-state index contributed by atoms with van der Waals surface area (Å²) in [6.07, 6.45) is 0.669. The number of para-hydroxylation sites is 1. The largest absolute Gasteiger partial charge is 0.496 e. The number of nitrogens with zero attached hydrogens (tertiary/aromatic N) is 1. The third-order valence-electron chi connectivity index (χ3n) is 5.99. The molecule has 0 bridgehead atoms. The third-order valence-corrected chi connectivity index (χ3v) is 7.88. The molecular formula is C27H29N3O6S. The summed E-state index contributed by atoms with van der Waals surface area (Å²) in [5.41, 5.74) is 1.73. The lowest BCUT2D eigenvalue weighted by Crippen LogP contribution is -2.40. The second kappa shape index (κ2) is 12.0. The molecule has 1 aliphatic rings. The molecule has 2 amide bonds. The van der Waals surface area contributed by atoms with Gasteiger partial charge in [0, 0.05) is 19.6 Å². The van der Waals surface area contributed by atoms with E-state index in [1.54, 1.807) is 24.3 Å². The first kappa shape index (κ1) is 26.3. The van der Waals surface area contributed by atoms with E-state index in [9.17, 15) is 18.0 Å². The van der Waals surface area contributed by atoms with E-state index in [-0.39, 0.29) is 35.2 Å². The van der Waals surface area contributed by atoms with Crippen molar-refractivity contribution in [1.29, 1.82) is 0 Å². The number of amides is 2. The maximum Gasteiger partial charge on any atom is 0.259 e. The van der Waals surface area contributed by atoms with Crippen LogP contribution in [-0.2, 0) is 21.2 Å². The fraction of sp³-hybridized carbons (Fsp3) is 0.259. The Bertz CT molecular complexity index is 1360. The Labute approximate surface area is 216 Å². The molecule has 3 aromatic rings. The van der Waals surface area contributed by atoms with E-state index < -0.39 is 15.9 Å². The monoisotopic (exact) mass is 523 g/mol. The van der Waals surface area contributed by atoms with Crippen LogP contribution in [0.3, 0.4) is 0 Å². The lowest BCUT2D eigenvalue weighted by molar-refractivity contribution is 0.0730. The number of rotatable bonds is 9. The molecule has 0 atom stereocenters. The summed E-state index contributed by atoms with van der Waals surface area (Å²) in [4.78, 5) is 26.1. The maximum atomic E-state index is 13.3. The van der Waals surface area contributed by atoms with E-state index in [4.69, 9.17) is 9.47 Å². The standard InChI is InChI=1S/C27H29N3O6S/c1-35-25-12-11-21(37(33,34)30-15-17-36-18-16-30)19-23(25)27(32)29-24-10-6-5-9-22(24)26(31)28-14-13-20-7-3-2-4-8-20/h2-12,19H,13-18H2,1H3,(H,28,31)(H,29,32). The Balaban J connectivity index is 1.51. The van der Waals surface area contributed by atoms with Gasteiger partial charge in [-0.2, -0.15) is 4.31 Å². The number of methoxy groups -OCH3 is 1. The highest BCUT2D eigenvalue weighted by Crippen LogP contribution is 2.27. The van der Waals surface area contributed by atoms with Gasteiger partial charge in [-0.05, 0) is 42.3 Å². The fourth-order valence-corrected chi connectivity index (χ4v) is 5.44. The number of carbonyl (C=O) groups excluding carboxylic acids is 2. The van der Waals surface area contributed by atoms with Crippen LogP contribution in [0.15, 0.2) is 77.7 Å². The molecular weight excluding hydrogens is 494 g/mol. The van der Waals surface area contributed by atoms with E-state index in [2.05, 4.69) is 10.6 Å². The molecule has 2 N–H and O–H groups in total. The average molecular weight is 524 g/mol. The first-order valence-electron chi connectivity index (χ1n) is 11.9. The minimum Gasteiger partial charge on any atom is -0.496 e. The smallest absolute Gasteiger partial charge is 0.259 e. The van der Waals surface area contributed by atoms with E-state index in [1.165, 1.54) is 29.6 Å². The van der Waals surface area contributed by atoms with Gasteiger partial charge < -0.3 is 20.1 Å². The minimum atomic E-state index is -3.82. The van der Waals surface area contributed by atoms with Crippen LogP contribution in [0.2, 0.25) is 0 Å². The zero-order valence-electron chi connectivity index (χ0n) is 20.5.